The van der Waals surface area contributed by atoms with Crippen molar-refractivity contribution in [3.63, 3.8) is 0 Å². The van der Waals surface area contributed by atoms with Gasteiger partial charge in [-0.15, -0.1) is 0 Å². The van der Waals surface area contributed by atoms with E-state index < -0.39 is 48.2 Å². The quantitative estimate of drug-likeness (QED) is 0.385. The summed E-state index contributed by atoms with van der Waals surface area (Å²) in [6, 6.07) is 5.04. The molecule has 236 valence electrons. The Morgan fingerprint density at radius 1 is 0.953 bits per heavy atom. The summed E-state index contributed by atoms with van der Waals surface area (Å²) in [7, 11) is 0. The number of rotatable bonds is 8. The van der Waals surface area contributed by atoms with Crippen molar-refractivity contribution in [3.05, 3.63) is 47.3 Å². The van der Waals surface area contributed by atoms with Crippen molar-refractivity contribution in [2.24, 2.45) is 11.7 Å². The summed E-state index contributed by atoms with van der Waals surface area (Å²) in [5, 5.41) is 11.9. The molecule has 2 saturated heterocycles. The number of hydrogen-bond donors (Lipinski definition) is 3. The second kappa shape index (κ2) is 13.3. The largest absolute Gasteiger partial charge is 0.451 e. The van der Waals surface area contributed by atoms with Crippen molar-refractivity contribution in [2.75, 3.05) is 62.2 Å². The molecule has 4 rings (SSSR count). The summed E-state index contributed by atoms with van der Waals surface area (Å²) in [5.74, 6) is -2.52. The number of amides is 2. The monoisotopic (exact) mass is 617 g/mol. The van der Waals surface area contributed by atoms with Gasteiger partial charge in [0, 0.05) is 51.9 Å². The molecule has 2 aromatic rings. The number of nitrogens with zero attached hydrogens (tertiary/aromatic N) is 5. The molecule has 2 aliphatic heterocycles. The lowest BCUT2D eigenvalue weighted by molar-refractivity contribution is -0.145. The molecule has 10 nitrogen and oxygen atoms in total. The smallest absolute Gasteiger partial charge is 0.394 e. The summed E-state index contributed by atoms with van der Waals surface area (Å²) in [5.41, 5.74) is 5.46. The van der Waals surface area contributed by atoms with Gasteiger partial charge in [0.1, 0.15) is 17.7 Å². The molecule has 16 heteroatoms. The SMILES string of the molecule is N[C@@H](CO)C(=O)N1CCN(c2cc(N3CCC[C@@H](C(=O)NCCc4ccc(C(F)(F)F)cc4)C3)nc(C(F)(F)F)n2)CC1. The normalized spacial score (nSPS) is 18.9. The minimum atomic E-state index is -4.82. The van der Waals surface area contributed by atoms with E-state index in [-0.39, 0.29) is 56.8 Å². The number of nitrogens with two attached hydrogens (primary N) is 1. The van der Waals surface area contributed by atoms with Crippen LogP contribution in [-0.2, 0) is 28.4 Å². The lowest BCUT2D eigenvalue weighted by atomic mass is 9.97. The van der Waals surface area contributed by atoms with Gasteiger partial charge in [-0.3, -0.25) is 9.59 Å². The fourth-order valence-corrected chi connectivity index (χ4v) is 5.08. The van der Waals surface area contributed by atoms with Crippen molar-refractivity contribution in [1.82, 2.24) is 20.2 Å². The van der Waals surface area contributed by atoms with Gasteiger partial charge in [-0.25, -0.2) is 9.97 Å². The maximum Gasteiger partial charge on any atom is 0.451 e. The van der Waals surface area contributed by atoms with E-state index >= 15 is 0 Å². The van der Waals surface area contributed by atoms with Gasteiger partial charge in [0.25, 0.3) is 0 Å². The first-order chi connectivity index (χ1) is 20.3. The topological polar surface area (TPSA) is 128 Å². The molecule has 1 aromatic heterocycles. The summed E-state index contributed by atoms with van der Waals surface area (Å²) < 4.78 is 79.6. The van der Waals surface area contributed by atoms with Gasteiger partial charge in [-0.2, -0.15) is 26.3 Å². The number of aromatic nitrogens is 2. The standard InChI is InChI=1S/C27H33F6N7O3/c28-26(29,30)19-5-3-17(4-6-19)7-8-35-23(42)18-2-1-9-40(15-18)22-14-21(36-25(37-22)27(31,32)33)38-10-12-39(13-11-38)24(43)20(34)16-41/h3-6,14,18,20,41H,1-2,7-13,15-16,34H2,(H,35,42)/t18-,20+/m1/s1. The fourth-order valence-electron chi connectivity index (χ4n) is 5.08. The van der Waals surface area contributed by atoms with Gasteiger partial charge in [-0.1, -0.05) is 12.1 Å². The van der Waals surface area contributed by atoms with Crippen molar-refractivity contribution >= 4 is 23.5 Å². The first-order valence-corrected chi connectivity index (χ1v) is 13.8. The molecule has 2 amide bonds. The van der Waals surface area contributed by atoms with Crippen LogP contribution in [0, 0.1) is 5.92 Å². The number of aliphatic hydroxyl groups is 1. The molecule has 2 atom stereocenters. The molecule has 1 aromatic carbocycles. The van der Waals surface area contributed by atoms with Crippen LogP contribution in [0.15, 0.2) is 30.3 Å². The number of alkyl halides is 6. The number of carbonyl (C=O) groups is 2. The average Bonchev–Trinajstić information content (AvgIpc) is 2.99. The first-order valence-electron chi connectivity index (χ1n) is 13.8. The number of carbonyl (C=O) groups excluding carboxylic acids is 2. The third-order valence-corrected chi connectivity index (χ3v) is 7.49. The van der Waals surface area contributed by atoms with E-state index in [2.05, 4.69) is 15.3 Å². The predicted octanol–water partition coefficient (Wildman–Crippen LogP) is 2.06. The highest BCUT2D eigenvalue weighted by Crippen LogP contribution is 2.32. The minimum Gasteiger partial charge on any atom is -0.394 e. The Bertz CT molecular complexity index is 1270. The lowest BCUT2D eigenvalue weighted by Crippen LogP contribution is -2.54. The van der Waals surface area contributed by atoms with E-state index in [0.29, 0.717) is 31.4 Å². The van der Waals surface area contributed by atoms with Gasteiger partial charge in [0.2, 0.25) is 17.6 Å². The van der Waals surface area contributed by atoms with Crippen molar-refractivity contribution < 1.29 is 41.0 Å². The van der Waals surface area contributed by atoms with Gasteiger partial charge in [0.05, 0.1) is 18.1 Å². The number of hydrogen-bond acceptors (Lipinski definition) is 8. The Hall–Kier alpha value is -3.66. The highest BCUT2D eigenvalue weighted by atomic mass is 19.4. The molecule has 0 bridgehead atoms. The molecule has 43 heavy (non-hydrogen) atoms. The van der Waals surface area contributed by atoms with Crippen LogP contribution in [0.3, 0.4) is 0 Å². The molecule has 2 fully saturated rings. The number of benzene rings is 1. The van der Waals surface area contributed by atoms with E-state index in [1.807, 2.05) is 0 Å². The average molecular weight is 618 g/mol. The molecule has 0 spiro atoms. The van der Waals surface area contributed by atoms with Crippen LogP contribution in [0.4, 0.5) is 38.0 Å². The second-order valence-corrected chi connectivity index (χ2v) is 10.5. The van der Waals surface area contributed by atoms with Crippen LogP contribution in [-0.4, -0.2) is 90.3 Å². The van der Waals surface area contributed by atoms with Crippen LogP contribution in [0.5, 0.6) is 0 Å². The van der Waals surface area contributed by atoms with Crippen LogP contribution < -0.4 is 20.9 Å². The van der Waals surface area contributed by atoms with Gasteiger partial charge < -0.3 is 30.9 Å². The number of nitrogens with one attached hydrogen (secondary N) is 1. The van der Waals surface area contributed by atoms with Crippen LogP contribution >= 0.6 is 0 Å². The first kappa shape index (κ1) is 32.3. The number of piperidine rings is 1. The summed E-state index contributed by atoms with van der Waals surface area (Å²) in [6.45, 7) is 0.942. The van der Waals surface area contributed by atoms with Crippen molar-refractivity contribution in [2.45, 2.75) is 37.7 Å². The Morgan fingerprint density at radius 2 is 1.58 bits per heavy atom. The van der Waals surface area contributed by atoms with E-state index in [9.17, 15) is 35.9 Å². The summed E-state index contributed by atoms with van der Waals surface area (Å²) in [6.07, 6.45) is -7.89. The second-order valence-electron chi connectivity index (χ2n) is 10.5. The number of anilines is 2. The van der Waals surface area contributed by atoms with Crippen LogP contribution in [0.2, 0.25) is 0 Å². The molecule has 0 aliphatic carbocycles. The van der Waals surface area contributed by atoms with E-state index in [4.69, 9.17) is 10.8 Å². The van der Waals surface area contributed by atoms with E-state index in [0.717, 1.165) is 12.1 Å². The predicted molar refractivity (Wildman–Crippen MR) is 144 cm³/mol. The molecule has 0 saturated carbocycles. The van der Waals surface area contributed by atoms with E-state index in [1.165, 1.54) is 23.1 Å². The zero-order chi connectivity index (χ0) is 31.4. The molecular formula is C27H33F6N7O3. The molecule has 0 unspecified atom stereocenters. The third kappa shape index (κ3) is 8.25. The van der Waals surface area contributed by atoms with Crippen LogP contribution in [0.1, 0.15) is 29.8 Å². The highest BCUT2D eigenvalue weighted by molar-refractivity contribution is 5.82. The van der Waals surface area contributed by atoms with Crippen molar-refractivity contribution in [1.29, 1.82) is 0 Å². The highest BCUT2D eigenvalue weighted by Gasteiger charge is 2.38. The van der Waals surface area contributed by atoms with Crippen LogP contribution in [0.25, 0.3) is 0 Å². The summed E-state index contributed by atoms with van der Waals surface area (Å²) >= 11 is 0. The Kier molecular flexibility index (Phi) is 10.00. The Labute approximate surface area is 243 Å². The maximum atomic E-state index is 13.8. The van der Waals surface area contributed by atoms with Gasteiger partial charge >= 0.3 is 12.4 Å². The summed E-state index contributed by atoms with van der Waals surface area (Å²) in [4.78, 5) is 37.3. The molecule has 4 N–H and O–H groups in total. The zero-order valence-corrected chi connectivity index (χ0v) is 23.2. The number of piperazine rings is 1. The van der Waals surface area contributed by atoms with E-state index in [1.54, 1.807) is 9.80 Å². The maximum absolute atomic E-state index is 13.8. The molecule has 2 aliphatic rings. The molecule has 3 heterocycles. The van der Waals surface area contributed by atoms with Gasteiger partial charge in [0.15, 0.2) is 0 Å². The Morgan fingerprint density at radius 3 is 2.16 bits per heavy atom. The molecule has 0 radical (unpaired) electrons. The van der Waals surface area contributed by atoms with Crippen molar-refractivity contribution in [3.8, 4) is 0 Å². The van der Waals surface area contributed by atoms with Gasteiger partial charge in [-0.05, 0) is 37.0 Å². The minimum absolute atomic E-state index is 0.0281. The lowest BCUT2D eigenvalue weighted by Gasteiger charge is -2.37. The number of aliphatic hydroxyl groups excluding tert-OH is 1. The third-order valence-electron chi connectivity index (χ3n) is 7.49. The molecular weight excluding hydrogens is 584 g/mol. The fraction of sp³-hybridized carbons (Fsp3) is 0.556. The zero-order valence-electron chi connectivity index (χ0n) is 23.2. The Balaban J connectivity index is 1.39. The number of halogens is 6.